The van der Waals surface area contributed by atoms with Crippen LogP contribution in [0.3, 0.4) is 0 Å². The Hall–Kier alpha value is -2.32. The van der Waals surface area contributed by atoms with Gasteiger partial charge in [0.1, 0.15) is 11.8 Å². The molecule has 96 valence electrons. The summed E-state index contributed by atoms with van der Waals surface area (Å²) in [6.07, 6.45) is 2.63. The molecule has 0 bridgehead atoms. The lowest BCUT2D eigenvalue weighted by atomic mass is 10.2. The van der Waals surface area contributed by atoms with Gasteiger partial charge in [-0.1, -0.05) is 17.7 Å². The first-order chi connectivity index (χ1) is 9.04. The number of hydrogen-bond acceptors (Lipinski definition) is 4. The summed E-state index contributed by atoms with van der Waals surface area (Å²) in [5.74, 6) is 0.326. The topological polar surface area (TPSA) is 71.1 Å². The van der Waals surface area contributed by atoms with E-state index in [0.717, 1.165) is 5.56 Å². The number of hydrogen-bond donors (Lipinski definition) is 0. The molecule has 4 nitrogen and oxygen atoms in total. The zero-order valence-electron chi connectivity index (χ0n) is 10.2. The van der Waals surface area contributed by atoms with Crippen molar-refractivity contribution >= 4 is 15.9 Å². The van der Waals surface area contributed by atoms with Gasteiger partial charge in [-0.15, -0.1) is 0 Å². The minimum Gasteiger partial charge on any atom is -0.465 e. The zero-order chi connectivity index (χ0) is 13.9. The van der Waals surface area contributed by atoms with Gasteiger partial charge in [-0.05, 0) is 31.2 Å². The van der Waals surface area contributed by atoms with Crippen LogP contribution >= 0.6 is 0 Å². The first-order valence-corrected chi connectivity index (χ1v) is 6.99. The lowest BCUT2D eigenvalue weighted by Gasteiger charge is -2.02. The highest BCUT2D eigenvalue weighted by Gasteiger charge is 2.20. The van der Waals surface area contributed by atoms with Crippen LogP contribution in [0, 0.1) is 18.3 Å². The molecule has 0 aliphatic carbocycles. The molecule has 0 radical (unpaired) electrons. The van der Waals surface area contributed by atoms with Crippen LogP contribution in [-0.2, 0) is 9.84 Å². The van der Waals surface area contributed by atoms with E-state index in [9.17, 15) is 8.42 Å². The van der Waals surface area contributed by atoms with Crippen LogP contribution in [0.4, 0.5) is 0 Å². The average molecular weight is 273 g/mol. The highest BCUT2D eigenvalue weighted by Crippen LogP contribution is 2.21. The highest BCUT2D eigenvalue weighted by molar-refractivity contribution is 7.95. The Balaban J connectivity index is 2.49. The number of benzene rings is 1. The number of rotatable bonds is 3. The van der Waals surface area contributed by atoms with Crippen molar-refractivity contribution in [3.05, 3.63) is 58.9 Å². The molecule has 0 unspecified atom stereocenters. The molecule has 2 rings (SSSR count). The summed E-state index contributed by atoms with van der Waals surface area (Å²) >= 11 is 0. The largest absolute Gasteiger partial charge is 0.465 e. The first kappa shape index (κ1) is 13.1. The number of aryl methyl sites for hydroxylation is 1. The van der Waals surface area contributed by atoms with Gasteiger partial charge >= 0.3 is 0 Å². The summed E-state index contributed by atoms with van der Waals surface area (Å²) in [5, 5.41) is 9.04. The van der Waals surface area contributed by atoms with E-state index in [2.05, 4.69) is 0 Å². The van der Waals surface area contributed by atoms with Crippen molar-refractivity contribution in [2.75, 3.05) is 0 Å². The maximum atomic E-state index is 12.3. The van der Waals surface area contributed by atoms with E-state index in [1.165, 1.54) is 24.5 Å². The van der Waals surface area contributed by atoms with Crippen molar-refractivity contribution in [1.82, 2.24) is 0 Å². The average Bonchev–Trinajstić information content (AvgIpc) is 2.89. The Morgan fingerprint density at radius 3 is 2.47 bits per heavy atom. The number of allylic oxidation sites excluding steroid dienone is 1. The van der Waals surface area contributed by atoms with Gasteiger partial charge in [0.15, 0.2) is 4.91 Å². The normalized spacial score (nSPS) is 12.1. The second kappa shape index (κ2) is 5.12. The first-order valence-electron chi connectivity index (χ1n) is 5.51. The van der Waals surface area contributed by atoms with Crippen molar-refractivity contribution in [2.45, 2.75) is 11.8 Å². The molecule has 1 aromatic heterocycles. The predicted molar refractivity (Wildman–Crippen MR) is 70.7 cm³/mol. The lowest BCUT2D eigenvalue weighted by Crippen LogP contribution is -2.03. The lowest BCUT2D eigenvalue weighted by molar-refractivity contribution is 0.556. The van der Waals surface area contributed by atoms with Crippen molar-refractivity contribution in [2.24, 2.45) is 0 Å². The fourth-order valence-corrected chi connectivity index (χ4v) is 2.66. The maximum Gasteiger partial charge on any atom is 0.216 e. The van der Waals surface area contributed by atoms with E-state index in [0.29, 0.717) is 5.76 Å². The Morgan fingerprint density at radius 1 is 1.26 bits per heavy atom. The summed E-state index contributed by atoms with van der Waals surface area (Å²) in [7, 11) is -3.80. The summed E-state index contributed by atoms with van der Waals surface area (Å²) in [6.45, 7) is 1.86. The van der Waals surface area contributed by atoms with E-state index in [4.69, 9.17) is 9.68 Å². The van der Waals surface area contributed by atoms with Crippen molar-refractivity contribution in [1.29, 1.82) is 5.26 Å². The van der Waals surface area contributed by atoms with Gasteiger partial charge in [-0.3, -0.25) is 0 Å². The fourth-order valence-electron chi connectivity index (χ4n) is 1.52. The highest BCUT2D eigenvalue weighted by atomic mass is 32.2. The summed E-state index contributed by atoms with van der Waals surface area (Å²) in [4.78, 5) is -0.247. The molecule has 1 aromatic carbocycles. The molecule has 0 fully saturated rings. The van der Waals surface area contributed by atoms with Crippen LogP contribution in [0.15, 0.2) is 56.9 Å². The summed E-state index contributed by atoms with van der Waals surface area (Å²) in [5.41, 5.74) is 0.951. The Morgan fingerprint density at radius 2 is 1.95 bits per heavy atom. The monoisotopic (exact) mass is 273 g/mol. The molecule has 19 heavy (non-hydrogen) atoms. The third kappa shape index (κ3) is 2.75. The second-order valence-corrected chi connectivity index (χ2v) is 5.87. The quantitative estimate of drug-likeness (QED) is 0.806. The summed E-state index contributed by atoms with van der Waals surface area (Å²) in [6, 6.07) is 11.3. The molecule has 0 spiro atoms. The molecule has 0 saturated heterocycles. The minimum atomic E-state index is -3.80. The van der Waals surface area contributed by atoms with Crippen molar-refractivity contribution in [3.63, 3.8) is 0 Å². The molecular formula is C14H11NO3S. The molecule has 0 amide bonds. The molecule has 0 aliphatic rings. The van der Waals surface area contributed by atoms with Crippen LogP contribution in [0.1, 0.15) is 11.3 Å². The van der Waals surface area contributed by atoms with Gasteiger partial charge in [-0.2, -0.15) is 5.26 Å². The second-order valence-electron chi connectivity index (χ2n) is 3.95. The van der Waals surface area contributed by atoms with Crippen LogP contribution in [0.2, 0.25) is 0 Å². The van der Waals surface area contributed by atoms with Gasteiger partial charge in [0.05, 0.1) is 11.2 Å². The van der Waals surface area contributed by atoms with Gasteiger partial charge in [-0.25, -0.2) is 8.42 Å². The zero-order valence-corrected chi connectivity index (χ0v) is 11.0. The molecule has 0 saturated carbocycles. The molecule has 2 aromatic rings. The van der Waals surface area contributed by atoms with Gasteiger partial charge in [0.2, 0.25) is 9.84 Å². The predicted octanol–water partition coefficient (Wildman–Crippen LogP) is 2.93. The maximum absolute atomic E-state index is 12.3. The molecular weight excluding hydrogens is 262 g/mol. The Labute approximate surface area is 111 Å². The van der Waals surface area contributed by atoms with E-state index in [1.807, 2.05) is 6.92 Å². The number of nitriles is 1. The van der Waals surface area contributed by atoms with Crippen LogP contribution in [-0.4, -0.2) is 8.42 Å². The van der Waals surface area contributed by atoms with E-state index >= 15 is 0 Å². The minimum absolute atomic E-state index is 0.0949. The van der Waals surface area contributed by atoms with Crippen LogP contribution in [0.25, 0.3) is 6.08 Å². The van der Waals surface area contributed by atoms with Crippen LogP contribution in [0.5, 0.6) is 0 Å². The Kier molecular flexibility index (Phi) is 3.54. The standard InChI is InChI=1S/C14H11NO3S/c1-11-4-6-13(7-5-11)19(16,17)14(10-15)9-12-3-2-8-18-12/h2-9H,1H3/b14-9-. The van der Waals surface area contributed by atoms with Crippen molar-refractivity contribution in [3.8, 4) is 6.07 Å². The molecule has 0 atom stereocenters. The fraction of sp³-hybridized carbons (Fsp3) is 0.0714. The van der Waals surface area contributed by atoms with Gasteiger partial charge in [0.25, 0.3) is 0 Å². The summed E-state index contributed by atoms with van der Waals surface area (Å²) < 4.78 is 29.6. The number of sulfone groups is 1. The van der Waals surface area contributed by atoms with Gasteiger partial charge in [0, 0.05) is 6.08 Å². The van der Waals surface area contributed by atoms with Crippen LogP contribution < -0.4 is 0 Å². The Bertz CT molecular complexity index is 733. The van der Waals surface area contributed by atoms with E-state index in [-0.39, 0.29) is 9.80 Å². The van der Waals surface area contributed by atoms with Gasteiger partial charge < -0.3 is 4.42 Å². The molecule has 5 heteroatoms. The SMILES string of the molecule is Cc1ccc(S(=O)(=O)/C(C#N)=C\c2ccco2)cc1. The molecule has 0 N–H and O–H groups in total. The number of furan rings is 1. The third-order valence-corrected chi connectivity index (χ3v) is 4.23. The van der Waals surface area contributed by atoms with E-state index < -0.39 is 9.84 Å². The smallest absolute Gasteiger partial charge is 0.216 e. The number of nitrogens with zero attached hydrogens (tertiary/aromatic N) is 1. The molecule has 1 heterocycles. The molecule has 0 aliphatic heterocycles. The van der Waals surface area contributed by atoms with Crippen molar-refractivity contribution < 1.29 is 12.8 Å². The van der Waals surface area contributed by atoms with E-state index in [1.54, 1.807) is 30.3 Å². The third-order valence-electron chi connectivity index (χ3n) is 2.55.